The molecule has 0 radical (unpaired) electrons. The van der Waals surface area contributed by atoms with Gasteiger partial charge in [0, 0.05) is 28.3 Å². The Kier molecular flexibility index (Phi) is 4.13. The Morgan fingerprint density at radius 3 is 3.05 bits per heavy atom. The van der Waals surface area contributed by atoms with Gasteiger partial charge in [0.25, 0.3) is 0 Å². The van der Waals surface area contributed by atoms with Gasteiger partial charge in [0.1, 0.15) is 0 Å². The lowest BCUT2D eigenvalue weighted by molar-refractivity contribution is 0.0108. The summed E-state index contributed by atoms with van der Waals surface area (Å²) in [7, 11) is 0. The summed E-state index contributed by atoms with van der Waals surface area (Å²) in [6, 6.07) is 8.42. The van der Waals surface area contributed by atoms with Gasteiger partial charge >= 0.3 is 0 Å². The molecule has 19 heavy (non-hydrogen) atoms. The van der Waals surface area contributed by atoms with Gasteiger partial charge in [-0.3, -0.25) is 0 Å². The van der Waals surface area contributed by atoms with Crippen LogP contribution >= 0.6 is 11.3 Å². The molecule has 0 spiro atoms. The minimum absolute atomic E-state index is 0.284. The van der Waals surface area contributed by atoms with Crippen molar-refractivity contribution in [2.24, 2.45) is 5.73 Å². The molecule has 102 valence electrons. The lowest BCUT2D eigenvalue weighted by Gasteiger charge is -2.10. The Morgan fingerprint density at radius 1 is 1.37 bits per heavy atom. The van der Waals surface area contributed by atoms with Crippen molar-refractivity contribution in [1.82, 2.24) is 0 Å². The number of fused-ring (bicyclic) bond motifs is 1. The summed E-state index contributed by atoms with van der Waals surface area (Å²) in [4.78, 5) is 1.23. The van der Waals surface area contributed by atoms with E-state index in [1.165, 1.54) is 20.5 Å². The second kappa shape index (κ2) is 6.01. The Morgan fingerprint density at radius 2 is 2.26 bits per heavy atom. The highest BCUT2D eigenvalue weighted by molar-refractivity contribution is 7.19. The topological polar surface area (TPSA) is 44.5 Å². The summed E-state index contributed by atoms with van der Waals surface area (Å²) >= 11 is 1.77. The lowest BCUT2D eigenvalue weighted by Crippen LogP contribution is -2.14. The van der Waals surface area contributed by atoms with Crippen LogP contribution in [0.3, 0.4) is 0 Å². The summed E-state index contributed by atoms with van der Waals surface area (Å²) in [6.07, 6.45) is 2.56. The van der Waals surface area contributed by atoms with Crippen LogP contribution in [0.4, 0.5) is 0 Å². The Labute approximate surface area is 117 Å². The molecule has 0 aliphatic carbocycles. The highest BCUT2D eigenvalue weighted by atomic mass is 32.1. The minimum atomic E-state index is 0.284. The average Bonchev–Trinajstić information content (AvgIpc) is 3.06. The Hall–Kier alpha value is -0.940. The number of thiophene rings is 1. The fourth-order valence-corrected chi connectivity index (χ4v) is 3.63. The quantitative estimate of drug-likeness (QED) is 0.913. The standard InChI is InChI=1S/C15H19NO2S/c16-8-15-13(10-17-9-11-4-3-7-18-11)12-5-1-2-6-14(12)19-15/h1-2,5-6,11H,3-4,7-10,16H2. The fourth-order valence-electron chi connectivity index (χ4n) is 2.54. The first-order valence-corrected chi connectivity index (χ1v) is 7.59. The fraction of sp³-hybridized carbons (Fsp3) is 0.467. The molecular weight excluding hydrogens is 258 g/mol. The third-order valence-electron chi connectivity index (χ3n) is 3.54. The van der Waals surface area contributed by atoms with Gasteiger partial charge in [-0.15, -0.1) is 11.3 Å². The van der Waals surface area contributed by atoms with Gasteiger partial charge in [-0.2, -0.15) is 0 Å². The van der Waals surface area contributed by atoms with E-state index in [-0.39, 0.29) is 6.10 Å². The molecule has 1 aliphatic rings. The maximum atomic E-state index is 5.84. The van der Waals surface area contributed by atoms with Crippen LogP contribution in [0.15, 0.2) is 24.3 Å². The molecule has 2 N–H and O–H groups in total. The first kappa shape index (κ1) is 13.1. The van der Waals surface area contributed by atoms with E-state index in [1.807, 2.05) is 0 Å². The predicted molar refractivity (Wildman–Crippen MR) is 78.3 cm³/mol. The molecule has 0 amide bonds. The zero-order chi connectivity index (χ0) is 13.1. The molecule has 1 unspecified atom stereocenters. The normalized spacial score (nSPS) is 19.3. The van der Waals surface area contributed by atoms with Crippen molar-refractivity contribution in [2.45, 2.75) is 32.1 Å². The molecule has 1 fully saturated rings. The van der Waals surface area contributed by atoms with Crippen molar-refractivity contribution in [3.63, 3.8) is 0 Å². The van der Waals surface area contributed by atoms with E-state index in [1.54, 1.807) is 11.3 Å². The average molecular weight is 277 g/mol. The molecule has 3 rings (SSSR count). The van der Waals surface area contributed by atoms with Crippen LogP contribution in [0, 0.1) is 0 Å². The first-order chi connectivity index (χ1) is 9.38. The van der Waals surface area contributed by atoms with E-state index in [0.717, 1.165) is 19.4 Å². The van der Waals surface area contributed by atoms with Crippen LogP contribution in [-0.4, -0.2) is 19.3 Å². The molecule has 4 heteroatoms. The summed E-state index contributed by atoms with van der Waals surface area (Å²) in [5.74, 6) is 0. The second-order valence-corrected chi connectivity index (χ2v) is 5.99. The molecule has 1 aliphatic heterocycles. The number of ether oxygens (including phenoxy) is 2. The molecular formula is C15H19NO2S. The van der Waals surface area contributed by atoms with Gasteiger partial charge < -0.3 is 15.2 Å². The first-order valence-electron chi connectivity index (χ1n) is 6.77. The van der Waals surface area contributed by atoms with Crippen molar-refractivity contribution >= 4 is 21.4 Å². The number of hydrogen-bond acceptors (Lipinski definition) is 4. The Balaban J connectivity index is 1.71. The van der Waals surface area contributed by atoms with E-state index < -0.39 is 0 Å². The maximum absolute atomic E-state index is 5.84. The van der Waals surface area contributed by atoms with Gasteiger partial charge in [-0.05, 0) is 24.3 Å². The summed E-state index contributed by atoms with van der Waals surface area (Å²) < 4.78 is 12.7. The van der Waals surface area contributed by atoms with E-state index in [9.17, 15) is 0 Å². The van der Waals surface area contributed by atoms with Gasteiger partial charge in [-0.25, -0.2) is 0 Å². The van der Waals surface area contributed by atoms with Crippen LogP contribution in [0.2, 0.25) is 0 Å². The van der Waals surface area contributed by atoms with E-state index in [2.05, 4.69) is 24.3 Å². The number of benzene rings is 1. The second-order valence-electron chi connectivity index (χ2n) is 4.85. The zero-order valence-corrected chi connectivity index (χ0v) is 11.7. The zero-order valence-electron chi connectivity index (χ0n) is 10.9. The molecule has 1 atom stereocenters. The predicted octanol–water partition coefficient (Wildman–Crippen LogP) is 3.06. The van der Waals surface area contributed by atoms with Gasteiger partial charge in [0.05, 0.1) is 19.3 Å². The van der Waals surface area contributed by atoms with Crippen LogP contribution in [0.25, 0.3) is 10.1 Å². The van der Waals surface area contributed by atoms with Crippen LogP contribution in [0.1, 0.15) is 23.3 Å². The van der Waals surface area contributed by atoms with Crippen molar-refractivity contribution in [2.75, 3.05) is 13.2 Å². The van der Waals surface area contributed by atoms with Crippen molar-refractivity contribution < 1.29 is 9.47 Å². The van der Waals surface area contributed by atoms with E-state index >= 15 is 0 Å². The smallest absolute Gasteiger partial charge is 0.0809 e. The SMILES string of the molecule is NCc1sc2ccccc2c1COCC1CCCO1. The van der Waals surface area contributed by atoms with Crippen molar-refractivity contribution in [3.8, 4) is 0 Å². The summed E-state index contributed by atoms with van der Waals surface area (Å²) in [5, 5.41) is 1.28. The molecule has 1 aromatic heterocycles. The third kappa shape index (κ3) is 2.82. The highest BCUT2D eigenvalue weighted by Gasteiger charge is 2.16. The largest absolute Gasteiger partial charge is 0.376 e. The van der Waals surface area contributed by atoms with E-state index in [4.69, 9.17) is 15.2 Å². The van der Waals surface area contributed by atoms with Crippen LogP contribution in [-0.2, 0) is 22.6 Å². The summed E-state index contributed by atoms with van der Waals surface area (Å²) in [5.41, 5.74) is 7.09. The lowest BCUT2D eigenvalue weighted by atomic mass is 10.1. The van der Waals surface area contributed by atoms with Crippen LogP contribution < -0.4 is 5.73 Å². The maximum Gasteiger partial charge on any atom is 0.0809 e. The number of rotatable bonds is 5. The van der Waals surface area contributed by atoms with Gasteiger partial charge in [0.15, 0.2) is 0 Å². The molecule has 2 aromatic rings. The van der Waals surface area contributed by atoms with Crippen molar-refractivity contribution in [1.29, 1.82) is 0 Å². The molecule has 0 saturated carbocycles. The Bertz CT molecular complexity index is 546. The van der Waals surface area contributed by atoms with E-state index in [0.29, 0.717) is 19.8 Å². The molecule has 1 saturated heterocycles. The van der Waals surface area contributed by atoms with Gasteiger partial charge in [0.2, 0.25) is 0 Å². The number of hydrogen-bond donors (Lipinski definition) is 1. The minimum Gasteiger partial charge on any atom is -0.376 e. The monoisotopic (exact) mass is 277 g/mol. The van der Waals surface area contributed by atoms with Crippen molar-refractivity contribution in [3.05, 3.63) is 34.7 Å². The molecule has 3 nitrogen and oxygen atoms in total. The third-order valence-corrected chi connectivity index (χ3v) is 4.78. The summed E-state index contributed by atoms with van der Waals surface area (Å²) in [6.45, 7) is 2.78. The molecule has 2 heterocycles. The number of nitrogens with two attached hydrogens (primary N) is 1. The molecule has 0 bridgehead atoms. The van der Waals surface area contributed by atoms with Crippen LogP contribution in [0.5, 0.6) is 0 Å². The van der Waals surface area contributed by atoms with Gasteiger partial charge in [-0.1, -0.05) is 18.2 Å². The highest BCUT2D eigenvalue weighted by Crippen LogP contribution is 2.31. The molecule has 1 aromatic carbocycles.